The Balaban J connectivity index is 2.26. The first-order valence-electron chi connectivity index (χ1n) is 5.73. The Morgan fingerprint density at radius 1 is 1.37 bits per heavy atom. The van der Waals surface area contributed by atoms with E-state index in [1.54, 1.807) is 25.1 Å². The third kappa shape index (κ3) is 2.60. The fourth-order valence-corrected chi connectivity index (χ4v) is 2.78. The quantitative estimate of drug-likeness (QED) is 0.776. The number of carbonyl (C=O) groups excluding carboxylic acids is 1. The zero-order valence-corrected chi connectivity index (χ0v) is 11.3. The van der Waals surface area contributed by atoms with Crippen LogP contribution in [0.5, 0.6) is 0 Å². The Morgan fingerprint density at radius 2 is 2.05 bits per heavy atom. The van der Waals surface area contributed by atoms with E-state index in [2.05, 4.69) is 4.40 Å². The van der Waals surface area contributed by atoms with Gasteiger partial charge in [0.25, 0.3) is 10.0 Å². The zero-order valence-electron chi connectivity index (χ0n) is 10.5. The number of ether oxygens (including phenoxy) is 2. The van der Waals surface area contributed by atoms with E-state index in [1.807, 2.05) is 0 Å². The van der Waals surface area contributed by atoms with Crippen molar-refractivity contribution in [1.82, 2.24) is 0 Å². The molecule has 0 aromatic heterocycles. The van der Waals surface area contributed by atoms with Crippen molar-refractivity contribution in [2.75, 3.05) is 6.61 Å². The number of esters is 1. The SMILES string of the molecule is CCOC(=O)[C@@H](C)OC1=NS(=O)(=O)c2ccccc21. The van der Waals surface area contributed by atoms with Crippen LogP contribution in [0.1, 0.15) is 19.4 Å². The van der Waals surface area contributed by atoms with Crippen molar-refractivity contribution in [1.29, 1.82) is 0 Å². The monoisotopic (exact) mass is 283 g/mol. The molecule has 1 heterocycles. The molecule has 7 heteroatoms. The lowest BCUT2D eigenvalue weighted by Gasteiger charge is -2.12. The van der Waals surface area contributed by atoms with Gasteiger partial charge in [-0.05, 0) is 26.0 Å². The highest BCUT2D eigenvalue weighted by molar-refractivity contribution is 7.90. The van der Waals surface area contributed by atoms with Gasteiger partial charge >= 0.3 is 5.97 Å². The maximum Gasteiger partial charge on any atom is 0.347 e. The van der Waals surface area contributed by atoms with Crippen LogP contribution in [0.15, 0.2) is 33.6 Å². The highest BCUT2D eigenvalue weighted by atomic mass is 32.2. The molecule has 19 heavy (non-hydrogen) atoms. The van der Waals surface area contributed by atoms with Gasteiger partial charge in [0, 0.05) is 0 Å². The molecule has 0 N–H and O–H groups in total. The highest BCUT2D eigenvalue weighted by Gasteiger charge is 2.31. The average Bonchev–Trinajstić information content (AvgIpc) is 2.62. The Labute approximate surface area is 111 Å². The van der Waals surface area contributed by atoms with Crippen LogP contribution < -0.4 is 0 Å². The first-order valence-corrected chi connectivity index (χ1v) is 7.17. The van der Waals surface area contributed by atoms with Crippen LogP contribution in [-0.4, -0.2) is 33.0 Å². The fourth-order valence-electron chi connectivity index (χ4n) is 1.64. The molecule has 0 saturated carbocycles. The van der Waals surface area contributed by atoms with E-state index in [0.29, 0.717) is 5.56 Å². The van der Waals surface area contributed by atoms with Crippen molar-refractivity contribution in [3.63, 3.8) is 0 Å². The molecule has 1 aromatic rings. The summed E-state index contributed by atoms with van der Waals surface area (Å²) in [6, 6.07) is 6.30. The molecule has 1 aliphatic rings. The minimum Gasteiger partial charge on any atom is -0.463 e. The van der Waals surface area contributed by atoms with Crippen LogP contribution >= 0.6 is 0 Å². The maximum atomic E-state index is 11.8. The molecule has 102 valence electrons. The first kappa shape index (κ1) is 13.5. The van der Waals surface area contributed by atoms with Crippen LogP contribution in [0.25, 0.3) is 0 Å². The Bertz CT molecular complexity index is 635. The van der Waals surface area contributed by atoms with Gasteiger partial charge in [0.05, 0.1) is 12.2 Å². The van der Waals surface area contributed by atoms with E-state index in [-0.39, 0.29) is 17.4 Å². The fraction of sp³-hybridized carbons (Fsp3) is 0.333. The largest absolute Gasteiger partial charge is 0.463 e. The first-order chi connectivity index (χ1) is 8.95. The minimum absolute atomic E-state index is 0.0730. The van der Waals surface area contributed by atoms with E-state index < -0.39 is 22.1 Å². The van der Waals surface area contributed by atoms with Crippen molar-refractivity contribution in [2.24, 2.45) is 4.40 Å². The summed E-state index contributed by atoms with van der Waals surface area (Å²) in [5, 5.41) is 0. The summed E-state index contributed by atoms with van der Waals surface area (Å²) in [6.07, 6.45) is -0.917. The molecule has 0 radical (unpaired) electrons. The molecule has 0 fully saturated rings. The Morgan fingerprint density at radius 3 is 2.74 bits per heavy atom. The molecule has 0 unspecified atom stereocenters. The van der Waals surface area contributed by atoms with Crippen molar-refractivity contribution in [2.45, 2.75) is 24.8 Å². The number of benzene rings is 1. The lowest BCUT2D eigenvalue weighted by atomic mass is 10.2. The molecule has 0 aliphatic carbocycles. The molecule has 2 rings (SSSR count). The number of hydrogen-bond acceptors (Lipinski definition) is 5. The third-order valence-corrected chi connectivity index (χ3v) is 3.82. The predicted octanol–water partition coefficient (Wildman–Crippen LogP) is 1.10. The third-order valence-electron chi connectivity index (χ3n) is 2.51. The lowest BCUT2D eigenvalue weighted by molar-refractivity contribution is -0.151. The summed E-state index contributed by atoms with van der Waals surface area (Å²) in [6.45, 7) is 3.39. The molecule has 0 amide bonds. The normalized spacial score (nSPS) is 17.3. The minimum atomic E-state index is -3.73. The molecule has 0 saturated heterocycles. The van der Waals surface area contributed by atoms with Crippen molar-refractivity contribution >= 4 is 21.9 Å². The maximum absolute atomic E-state index is 11.8. The van der Waals surface area contributed by atoms with Crippen LogP contribution in [-0.2, 0) is 24.3 Å². The number of nitrogens with zero attached hydrogens (tertiary/aromatic N) is 1. The summed E-state index contributed by atoms with van der Waals surface area (Å²) in [4.78, 5) is 11.5. The van der Waals surface area contributed by atoms with Gasteiger partial charge < -0.3 is 9.47 Å². The van der Waals surface area contributed by atoms with Crippen molar-refractivity contribution in [3.05, 3.63) is 29.8 Å². The van der Waals surface area contributed by atoms with Crippen LogP contribution in [0.3, 0.4) is 0 Å². The van der Waals surface area contributed by atoms with E-state index in [4.69, 9.17) is 9.47 Å². The van der Waals surface area contributed by atoms with Gasteiger partial charge in [-0.15, -0.1) is 4.40 Å². The second kappa shape index (κ2) is 5.00. The van der Waals surface area contributed by atoms with Gasteiger partial charge in [0.1, 0.15) is 4.90 Å². The molecule has 1 aliphatic heterocycles. The van der Waals surface area contributed by atoms with Crippen LogP contribution in [0.4, 0.5) is 0 Å². The van der Waals surface area contributed by atoms with Gasteiger partial charge in [-0.3, -0.25) is 0 Å². The second-order valence-electron chi connectivity index (χ2n) is 3.88. The standard InChI is InChI=1S/C12H13NO5S/c1-3-17-12(14)8(2)18-11-9-6-4-5-7-10(9)19(15,16)13-11/h4-8H,3H2,1-2H3/t8-/m1/s1. The number of hydrogen-bond donors (Lipinski definition) is 0. The molecule has 0 bridgehead atoms. The highest BCUT2D eigenvalue weighted by Crippen LogP contribution is 2.26. The molecular formula is C12H13NO5S. The summed E-state index contributed by atoms with van der Waals surface area (Å²) in [5.41, 5.74) is 0.360. The summed E-state index contributed by atoms with van der Waals surface area (Å²) < 4.78 is 37.1. The van der Waals surface area contributed by atoms with Gasteiger partial charge in [-0.25, -0.2) is 4.79 Å². The average molecular weight is 283 g/mol. The number of sulfonamides is 1. The number of rotatable bonds is 3. The van der Waals surface area contributed by atoms with Gasteiger partial charge in [-0.1, -0.05) is 12.1 Å². The molecule has 6 nitrogen and oxygen atoms in total. The van der Waals surface area contributed by atoms with Crippen molar-refractivity contribution in [3.8, 4) is 0 Å². The van der Waals surface area contributed by atoms with Gasteiger partial charge in [-0.2, -0.15) is 8.42 Å². The van der Waals surface area contributed by atoms with Gasteiger partial charge in [0.15, 0.2) is 6.10 Å². The van der Waals surface area contributed by atoms with Crippen LogP contribution in [0, 0.1) is 0 Å². The summed E-state index contributed by atoms with van der Waals surface area (Å²) in [7, 11) is -3.73. The molecule has 1 atom stereocenters. The molecule has 0 spiro atoms. The Kier molecular flexibility index (Phi) is 3.57. The second-order valence-corrected chi connectivity index (χ2v) is 5.45. The van der Waals surface area contributed by atoms with E-state index >= 15 is 0 Å². The van der Waals surface area contributed by atoms with E-state index in [1.165, 1.54) is 13.0 Å². The molecular weight excluding hydrogens is 270 g/mol. The van der Waals surface area contributed by atoms with E-state index in [9.17, 15) is 13.2 Å². The number of fused-ring (bicyclic) bond motifs is 1. The summed E-state index contributed by atoms with van der Waals surface area (Å²) in [5.74, 6) is -0.636. The number of carbonyl (C=O) groups is 1. The van der Waals surface area contributed by atoms with Crippen LogP contribution in [0.2, 0.25) is 0 Å². The smallest absolute Gasteiger partial charge is 0.347 e. The van der Waals surface area contributed by atoms with Gasteiger partial charge in [0.2, 0.25) is 5.90 Å². The summed E-state index contributed by atoms with van der Waals surface area (Å²) >= 11 is 0. The topological polar surface area (TPSA) is 82.0 Å². The Hall–Kier alpha value is -1.89. The lowest BCUT2D eigenvalue weighted by Crippen LogP contribution is -2.26. The van der Waals surface area contributed by atoms with E-state index in [0.717, 1.165) is 0 Å². The molecule has 1 aromatic carbocycles. The zero-order chi connectivity index (χ0) is 14.0. The van der Waals surface area contributed by atoms with Crippen molar-refractivity contribution < 1.29 is 22.7 Å². The predicted molar refractivity (Wildman–Crippen MR) is 67.3 cm³/mol.